The van der Waals surface area contributed by atoms with Gasteiger partial charge in [0.15, 0.2) is 0 Å². The molecule has 3 atom stereocenters. The van der Waals surface area contributed by atoms with E-state index in [4.69, 9.17) is 4.98 Å². The molecule has 4 nitrogen and oxygen atoms in total. The van der Waals surface area contributed by atoms with Crippen molar-refractivity contribution in [2.75, 3.05) is 6.54 Å². The number of carbonyl (C=O) groups excluding carboxylic acids is 1. The van der Waals surface area contributed by atoms with Gasteiger partial charge in [0.25, 0.3) is 0 Å². The van der Waals surface area contributed by atoms with Crippen LogP contribution < -0.4 is 0 Å². The highest BCUT2D eigenvalue weighted by Crippen LogP contribution is 2.47. The second-order valence-corrected chi connectivity index (χ2v) is 9.63. The topological polar surface area (TPSA) is 53.4 Å². The van der Waals surface area contributed by atoms with Crippen LogP contribution in [0.15, 0.2) is 66.0 Å². The first-order valence-electron chi connectivity index (χ1n) is 11.2. The van der Waals surface area contributed by atoms with E-state index in [0.717, 1.165) is 47.5 Å². The van der Waals surface area contributed by atoms with Crippen LogP contribution in [-0.4, -0.2) is 33.5 Å². The first-order chi connectivity index (χ1) is 15.1. The standard InChI is InChI=1S/C26H28N2O2S/c29-24(17-21-18-31-25(27-21)19-9-3-1-4-10-19)28-16-15-26(30,20-11-5-2-6-12-20)22-13-7-8-14-23(22)28/h1-6,9-12,18,22-23,30H,7-8,13-17H2/t22-,23+,26?/m1/s1. The molecule has 1 aliphatic heterocycles. The van der Waals surface area contributed by atoms with Gasteiger partial charge < -0.3 is 10.0 Å². The number of rotatable bonds is 4. The molecule has 0 radical (unpaired) electrons. The molecule has 160 valence electrons. The van der Waals surface area contributed by atoms with Gasteiger partial charge >= 0.3 is 0 Å². The number of benzene rings is 2. The fraction of sp³-hybridized carbons (Fsp3) is 0.385. The molecule has 31 heavy (non-hydrogen) atoms. The number of thiazole rings is 1. The molecule has 1 amide bonds. The van der Waals surface area contributed by atoms with E-state index < -0.39 is 5.60 Å². The first-order valence-corrected chi connectivity index (χ1v) is 12.1. The van der Waals surface area contributed by atoms with Gasteiger partial charge in [0.05, 0.1) is 17.7 Å². The van der Waals surface area contributed by atoms with E-state index >= 15 is 0 Å². The average Bonchev–Trinajstić information content (AvgIpc) is 3.29. The summed E-state index contributed by atoms with van der Waals surface area (Å²) in [5.41, 5.74) is 2.07. The molecule has 2 heterocycles. The van der Waals surface area contributed by atoms with Crippen LogP contribution in [0.3, 0.4) is 0 Å². The highest BCUT2D eigenvalue weighted by atomic mass is 32.1. The second-order valence-electron chi connectivity index (χ2n) is 8.77. The molecule has 0 spiro atoms. The lowest BCUT2D eigenvalue weighted by atomic mass is 9.66. The Hall–Kier alpha value is -2.50. The number of aliphatic hydroxyl groups is 1. The Morgan fingerprint density at radius 2 is 1.77 bits per heavy atom. The van der Waals surface area contributed by atoms with E-state index in [2.05, 4.69) is 0 Å². The average molecular weight is 433 g/mol. The zero-order valence-corrected chi connectivity index (χ0v) is 18.4. The van der Waals surface area contributed by atoms with Crippen LogP contribution >= 0.6 is 11.3 Å². The Bertz CT molecular complexity index is 1040. The van der Waals surface area contributed by atoms with E-state index in [0.29, 0.717) is 19.4 Å². The maximum absolute atomic E-state index is 13.3. The molecule has 1 saturated heterocycles. The smallest absolute Gasteiger partial charge is 0.228 e. The van der Waals surface area contributed by atoms with Crippen molar-refractivity contribution in [1.29, 1.82) is 0 Å². The summed E-state index contributed by atoms with van der Waals surface area (Å²) in [4.78, 5) is 20.1. The van der Waals surface area contributed by atoms with Crippen molar-refractivity contribution in [3.05, 3.63) is 77.3 Å². The minimum Gasteiger partial charge on any atom is -0.385 e. The van der Waals surface area contributed by atoms with E-state index in [-0.39, 0.29) is 17.9 Å². The number of nitrogens with zero attached hydrogens (tertiary/aromatic N) is 2. The lowest BCUT2D eigenvalue weighted by Crippen LogP contribution is -2.59. The molecule has 2 fully saturated rings. The van der Waals surface area contributed by atoms with Crippen molar-refractivity contribution in [2.45, 2.75) is 50.2 Å². The maximum atomic E-state index is 13.3. The minimum absolute atomic E-state index is 0.0941. The van der Waals surface area contributed by atoms with E-state index in [1.807, 2.05) is 70.9 Å². The fourth-order valence-electron chi connectivity index (χ4n) is 5.44. The molecule has 2 aromatic carbocycles. The van der Waals surface area contributed by atoms with Crippen molar-refractivity contribution in [3.8, 4) is 10.6 Å². The van der Waals surface area contributed by atoms with Crippen molar-refractivity contribution < 1.29 is 9.90 Å². The fourth-order valence-corrected chi connectivity index (χ4v) is 6.26. The Morgan fingerprint density at radius 1 is 1.06 bits per heavy atom. The molecule has 1 aliphatic carbocycles. The third-order valence-electron chi connectivity index (χ3n) is 6.98. The van der Waals surface area contributed by atoms with Gasteiger partial charge in [0, 0.05) is 29.4 Å². The molecule has 1 unspecified atom stereocenters. The third kappa shape index (κ3) is 3.92. The Balaban J connectivity index is 1.34. The number of fused-ring (bicyclic) bond motifs is 1. The largest absolute Gasteiger partial charge is 0.385 e. The molecule has 2 aliphatic rings. The predicted octanol–water partition coefficient (Wildman–Crippen LogP) is 5.03. The van der Waals surface area contributed by atoms with Crippen LogP contribution in [-0.2, 0) is 16.8 Å². The summed E-state index contributed by atoms with van der Waals surface area (Å²) >= 11 is 1.59. The van der Waals surface area contributed by atoms with Crippen molar-refractivity contribution in [2.24, 2.45) is 5.92 Å². The van der Waals surface area contributed by atoms with Crippen LogP contribution in [0.25, 0.3) is 10.6 Å². The monoisotopic (exact) mass is 432 g/mol. The number of piperidine rings is 1. The summed E-state index contributed by atoms with van der Waals surface area (Å²) in [5.74, 6) is 0.230. The van der Waals surface area contributed by atoms with Gasteiger partial charge in [-0.3, -0.25) is 4.79 Å². The molecule has 1 saturated carbocycles. The van der Waals surface area contributed by atoms with Crippen LogP contribution in [0.4, 0.5) is 0 Å². The summed E-state index contributed by atoms with van der Waals surface area (Å²) in [5, 5.41) is 14.7. The quantitative estimate of drug-likeness (QED) is 0.629. The van der Waals surface area contributed by atoms with Gasteiger partial charge in [0.2, 0.25) is 5.91 Å². The SMILES string of the molecule is O=C(Cc1csc(-c2ccccc2)n1)N1CCC(O)(c2ccccc2)[C@@H]2CCCC[C@@H]21. The number of carbonyl (C=O) groups is 1. The summed E-state index contributed by atoms with van der Waals surface area (Å²) in [6, 6.07) is 20.2. The maximum Gasteiger partial charge on any atom is 0.228 e. The third-order valence-corrected chi connectivity index (χ3v) is 7.92. The van der Waals surface area contributed by atoms with Gasteiger partial charge in [-0.05, 0) is 24.8 Å². The van der Waals surface area contributed by atoms with Crippen molar-refractivity contribution >= 4 is 17.2 Å². The Kier molecular flexibility index (Phi) is 5.63. The highest BCUT2D eigenvalue weighted by molar-refractivity contribution is 7.13. The van der Waals surface area contributed by atoms with E-state index in [1.165, 1.54) is 0 Å². The van der Waals surface area contributed by atoms with Crippen LogP contribution in [0.2, 0.25) is 0 Å². The Morgan fingerprint density at radius 3 is 2.55 bits per heavy atom. The molecule has 1 N–H and O–H groups in total. The lowest BCUT2D eigenvalue weighted by Gasteiger charge is -2.52. The van der Waals surface area contributed by atoms with Crippen molar-refractivity contribution in [3.63, 3.8) is 0 Å². The second kappa shape index (κ2) is 8.56. The van der Waals surface area contributed by atoms with Crippen LogP contribution in [0, 0.1) is 5.92 Å². The number of likely N-dealkylation sites (tertiary alicyclic amines) is 1. The normalized spacial score (nSPS) is 25.8. The molecule has 5 rings (SSSR count). The minimum atomic E-state index is -0.843. The summed E-state index contributed by atoms with van der Waals surface area (Å²) < 4.78 is 0. The van der Waals surface area contributed by atoms with Gasteiger partial charge in [0.1, 0.15) is 5.01 Å². The zero-order chi connectivity index (χ0) is 21.3. The summed E-state index contributed by atoms with van der Waals surface area (Å²) in [6.45, 7) is 0.598. The molecular weight excluding hydrogens is 404 g/mol. The van der Waals surface area contributed by atoms with Gasteiger partial charge in [-0.15, -0.1) is 11.3 Å². The predicted molar refractivity (Wildman–Crippen MR) is 124 cm³/mol. The summed E-state index contributed by atoms with van der Waals surface area (Å²) in [6.07, 6.45) is 5.09. The van der Waals surface area contributed by atoms with Crippen molar-refractivity contribution in [1.82, 2.24) is 9.88 Å². The molecule has 1 aromatic heterocycles. The van der Waals surface area contributed by atoms with Gasteiger partial charge in [-0.2, -0.15) is 0 Å². The lowest BCUT2D eigenvalue weighted by molar-refractivity contribution is -0.154. The van der Waals surface area contributed by atoms with Crippen LogP contribution in [0.1, 0.15) is 43.4 Å². The number of hydrogen-bond donors (Lipinski definition) is 1. The van der Waals surface area contributed by atoms with Gasteiger partial charge in [-0.25, -0.2) is 4.98 Å². The van der Waals surface area contributed by atoms with E-state index in [1.54, 1.807) is 11.3 Å². The Labute approximate surface area is 187 Å². The zero-order valence-electron chi connectivity index (χ0n) is 17.6. The molecular formula is C26H28N2O2S. The molecule has 5 heteroatoms. The first kappa shape index (κ1) is 20.4. The highest BCUT2D eigenvalue weighted by Gasteiger charge is 2.50. The van der Waals surface area contributed by atoms with E-state index in [9.17, 15) is 9.90 Å². The van der Waals surface area contributed by atoms with Crippen LogP contribution in [0.5, 0.6) is 0 Å². The molecule has 3 aromatic rings. The summed E-state index contributed by atoms with van der Waals surface area (Å²) in [7, 11) is 0. The van der Waals surface area contributed by atoms with Gasteiger partial charge in [-0.1, -0.05) is 73.5 Å². The number of hydrogen-bond acceptors (Lipinski definition) is 4. The molecule has 0 bridgehead atoms. The number of amides is 1. The number of aromatic nitrogens is 1.